The van der Waals surface area contributed by atoms with Crippen LogP contribution in [-0.4, -0.2) is 23.2 Å². The van der Waals surface area contributed by atoms with Crippen molar-refractivity contribution in [3.63, 3.8) is 0 Å². The predicted octanol–water partition coefficient (Wildman–Crippen LogP) is 9.86. The topological polar surface area (TPSA) is 18.5 Å². The Kier molecular flexibility index (Phi) is 12.2. The minimum absolute atomic E-state index is 0.0339. The zero-order valence-electron chi connectivity index (χ0n) is 32.5. The molecule has 0 atom stereocenters. The van der Waals surface area contributed by atoms with Gasteiger partial charge in [0, 0.05) is 6.61 Å². The number of hydrogen-bond donors (Lipinski definition) is 0. The lowest BCUT2D eigenvalue weighted by Gasteiger charge is -2.43. The fourth-order valence-electron chi connectivity index (χ4n) is 8.25. The van der Waals surface area contributed by atoms with Crippen molar-refractivity contribution >= 4 is 37.4 Å². The lowest BCUT2D eigenvalue weighted by molar-refractivity contribution is 0.285. The second-order valence-electron chi connectivity index (χ2n) is 16.3. The molecule has 0 fully saturated rings. The Bertz CT molecular complexity index is 1940. The summed E-state index contributed by atoms with van der Waals surface area (Å²) in [5.41, 5.74) is 5.34. The highest BCUT2D eigenvalue weighted by Crippen LogP contribution is 2.38. The standard InChI is InChI=1S/C49H56O2Si2/c1-48(2,3)52(44-29-11-7-12-30-44,45-31-13-8-14-32-45)50-37-23-28-40-24-19-20-25-41(40)38-42-26-21-22-27-43(42)39-51-53(49(4,5)6,46-33-15-9-16-34-46)47-35-17-10-18-36-47/h7-22,24-27,29-36H,23,28,37-39H2,1-6H3. The second-order valence-corrected chi connectivity index (χ2v) is 24.9. The molecule has 0 bridgehead atoms. The van der Waals surface area contributed by atoms with Gasteiger partial charge < -0.3 is 8.85 Å². The molecular weight excluding hydrogens is 677 g/mol. The van der Waals surface area contributed by atoms with E-state index in [9.17, 15) is 0 Å². The molecule has 0 aliphatic rings. The average molecular weight is 733 g/mol. The zero-order valence-corrected chi connectivity index (χ0v) is 34.5. The Morgan fingerprint density at radius 1 is 0.377 bits per heavy atom. The smallest absolute Gasteiger partial charge is 0.261 e. The monoisotopic (exact) mass is 732 g/mol. The van der Waals surface area contributed by atoms with Gasteiger partial charge in [-0.1, -0.05) is 211 Å². The van der Waals surface area contributed by atoms with Gasteiger partial charge in [-0.15, -0.1) is 0 Å². The van der Waals surface area contributed by atoms with Crippen LogP contribution in [0.25, 0.3) is 0 Å². The third-order valence-corrected chi connectivity index (χ3v) is 20.8. The Balaban J connectivity index is 1.23. The lowest BCUT2D eigenvalue weighted by Crippen LogP contribution is -2.66. The van der Waals surface area contributed by atoms with Crippen LogP contribution in [0.5, 0.6) is 0 Å². The summed E-state index contributed by atoms with van der Waals surface area (Å²) in [5, 5.41) is 5.16. The van der Waals surface area contributed by atoms with E-state index in [-0.39, 0.29) is 10.1 Å². The van der Waals surface area contributed by atoms with Gasteiger partial charge in [0.05, 0.1) is 6.61 Å². The van der Waals surface area contributed by atoms with Gasteiger partial charge in [0.15, 0.2) is 0 Å². The van der Waals surface area contributed by atoms with Gasteiger partial charge in [-0.2, -0.15) is 0 Å². The molecule has 0 aliphatic heterocycles. The van der Waals surface area contributed by atoms with E-state index in [1.54, 1.807) is 0 Å². The van der Waals surface area contributed by atoms with E-state index >= 15 is 0 Å². The van der Waals surface area contributed by atoms with Crippen molar-refractivity contribution < 1.29 is 8.85 Å². The largest absolute Gasteiger partial charge is 0.407 e. The molecule has 0 amide bonds. The van der Waals surface area contributed by atoms with E-state index < -0.39 is 16.6 Å². The molecule has 2 nitrogen and oxygen atoms in total. The summed E-state index contributed by atoms with van der Waals surface area (Å²) in [6.07, 6.45) is 2.79. The molecule has 0 saturated heterocycles. The summed E-state index contributed by atoms with van der Waals surface area (Å²) in [6, 6.07) is 61.6. The van der Waals surface area contributed by atoms with E-state index in [0.717, 1.165) is 19.3 Å². The first-order chi connectivity index (χ1) is 25.6. The maximum absolute atomic E-state index is 7.40. The summed E-state index contributed by atoms with van der Waals surface area (Å²) in [5.74, 6) is 0. The molecule has 0 spiro atoms. The highest BCUT2D eigenvalue weighted by atomic mass is 28.4. The normalized spacial score (nSPS) is 12.5. The molecule has 0 heterocycles. The Morgan fingerprint density at radius 3 is 1.09 bits per heavy atom. The minimum atomic E-state index is -2.67. The van der Waals surface area contributed by atoms with Crippen LogP contribution < -0.4 is 20.7 Å². The molecule has 0 aromatic heterocycles. The zero-order chi connectivity index (χ0) is 37.4. The lowest BCUT2D eigenvalue weighted by atomic mass is 9.95. The first-order valence-corrected chi connectivity index (χ1v) is 23.0. The van der Waals surface area contributed by atoms with Gasteiger partial charge in [-0.25, -0.2) is 0 Å². The Labute approximate surface area is 321 Å². The molecule has 53 heavy (non-hydrogen) atoms. The molecule has 0 N–H and O–H groups in total. The van der Waals surface area contributed by atoms with Crippen LogP contribution in [0.2, 0.25) is 10.1 Å². The maximum atomic E-state index is 7.40. The van der Waals surface area contributed by atoms with Crippen molar-refractivity contribution in [3.05, 3.63) is 192 Å². The molecule has 4 heteroatoms. The number of aryl methyl sites for hydroxylation is 1. The Morgan fingerprint density at radius 2 is 0.698 bits per heavy atom. The van der Waals surface area contributed by atoms with Crippen LogP contribution in [0.3, 0.4) is 0 Å². The highest BCUT2D eigenvalue weighted by molar-refractivity contribution is 7.00. The van der Waals surface area contributed by atoms with Crippen LogP contribution in [0.15, 0.2) is 170 Å². The number of benzene rings is 6. The van der Waals surface area contributed by atoms with E-state index in [0.29, 0.717) is 13.2 Å². The summed E-state index contributed by atoms with van der Waals surface area (Å²) in [4.78, 5) is 0. The van der Waals surface area contributed by atoms with E-state index in [1.165, 1.54) is 43.0 Å². The summed E-state index contributed by atoms with van der Waals surface area (Å²) >= 11 is 0. The van der Waals surface area contributed by atoms with Crippen molar-refractivity contribution in [2.45, 2.75) is 77.5 Å². The molecule has 0 saturated carbocycles. The van der Waals surface area contributed by atoms with Crippen LogP contribution in [0, 0.1) is 0 Å². The van der Waals surface area contributed by atoms with Crippen LogP contribution in [0.4, 0.5) is 0 Å². The average Bonchev–Trinajstić information content (AvgIpc) is 3.17. The minimum Gasteiger partial charge on any atom is -0.407 e. The van der Waals surface area contributed by atoms with Crippen molar-refractivity contribution in [1.82, 2.24) is 0 Å². The van der Waals surface area contributed by atoms with Crippen molar-refractivity contribution in [1.29, 1.82) is 0 Å². The summed E-state index contributed by atoms with van der Waals surface area (Å²) in [6.45, 7) is 15.4. The quantitative estimate of drug-likeness (QED) is 0.0821. The second kappa shape index (κ2) is 16.8. The van der Waals surface area contributed by atoms with Crippen molar-refractivity contribution in [3.8, 4) is 0 Å². The van der Waals surface area contributed by atoms with Crippen LogP contribution >= 0.6 is 0 Å². The van der Waals surface area contributed by atoms with Crippen molar-refractivity contribution in [2.24, 2.45) is 0 Å². The fraction of sp³-hybridized carbons (Fsp3) is 0.265. The van der Waals surface area contributed by atoms with Crippen LogP contribution in [-0.2, 0) is 28.3 Å². The predicted molar refractivity (Wildman–Crippen MR) is 230 cm³/mol. The molecule has 6 rings (SSSR count). The van der Waals surface area contributed by atoms with E-state index in [2.05, 4.69) is 211 Å². The SMILES string of the molecule is CC(C)(C)[Si](OCCCc1ccccc1Cc1ccccc1CO[Si](c1ccccc1)(c1ccccc1)C(C)(C)C)(c1ccccc1)c1ccccc1. The first-order valence-electron chi connectivity index (χ1n) is 19.2. The van der Waals surface area contributed by atoms with Gasteiger partial charge in [0.1, 0.15) is 0 Å². The first kappa shape index (κ1) is 38.4. The van der Waals surface area contributed by atoms with Gasteiger partial charge in [0.2, 0.25) is 0 Å². The highest BCUT2D eigenvalue weighted by Gasteiger charge is 2.51. The van der Waals surface area contributed by atoms with Gasteiger partial charge >= 0.3 is 0 Å². The molecule has 272 valence electrons. The van der Waals surface area contributed by atoms with E-state index in [4.69, 9.17) is 8.85 Å². The van der Waals surface area contributed by atoms with Gasteiger partial charge in [0.25, 0.3) is 16.6 Å². The maximum Gasteiger partial charge on any atom is 0.261 e. The molecular formula is C49H56O2Si2. The van der Waals surface area contributed by atoms with E-state index in [1.807, 2.05) is 0 Å². The molecule has 0 radical (unpaired) electrons. The Hall–Kier alpha value is -4.33. The number of hydrogen-bond acceptors (Lipinski definition) is 2. The third-order valence-electron chi connectivity index (χ3n) is 10.8. The molecule has 0 aliphatic carbocycles. The third kappa shape index (κ3) is 8.27. The summed E-state index contributed by atoms with van der Waals surface area (Å²) < 4.78 is 14.7. The van der Waals surface area contributed by atoms with Crippen LogP contribution in [0.1, 0.15) is 70.2 Å². The number of rotatable bonds is 14. The summed E-state index contributed by atoms with van der Waals surface area (Å²) in [7, 11) is -5.24. The molecule has 0 unspecified atom stereocenters. The van der Waals surface area contributed by atoms with Gasteiger partial charge in [-0.3, -0.25) is 0 Å². The van der Waals surface area contributed by atoms with Crippen molar-refractivity contribution in [2.75, 3.05) is 6.61 Å². The van der Waals surface area contributed by atoms with Gasteiger partial charge in [-0.05, 0) is 72.3 Å². The molecule has 6 aromatic carbocycles. The molecule has 6 aromatic rings. The fourth-order valence-corrected chi connectivity index (χ4v) is 17.4.